The standard InChI is InChI=1S/C20H24F2N4O/c1-2-26(25-18-9-6-15(21)12-17(18)19(23)27)16-7-4-14(5-8-16)20(22)10-3-11-24-13-20/h1,4-5,7-8,15,17,24H,3,6,9-13H2,(H2,23,27)/b25-18+. The summed E-state index contributed by atoms with van der Waals surface area (Å²) in [6.45, 7) is 1.12. The van der Waals surface area contributed by atoms with Crippen molar-refractivity contribution >= 4 is 17.3 Å². The maximum Gasteiger partial charge on any atom is 0.226 e. The van der Waals surface area contributed by atoms with Crippen molar-refractivity contribution in [3.05, 3.63) is 29.8 Å². The minimum absolute atomic E-state index is 0.0306. The van der Waals surface area contributed by atoms with Gasteiger partial charge in [-0.2, -0.15) is 10.1 Å². The van der Waals surface area contributed by atoms with Crippen molar-refractivity contribution < 1.29 is 13.6 Å². The van der Waals surface area contributed by atoms with Gasteiger partial charge in [0, 0.05) is 12.6 Å². The summed E-state index contributed by atoms with van der Waals surface area (Å²) >= 11 is 0. The second-order valence-corrected chi connectivity index (χ2v) is 7.15. The summed E-state index contributed by atoms with van der Waals surface area (Å²) in [6, 6.07) is 9.26. The minimum atomic E-state index is -1.39. The van der Waals surface area contributed by atoms with Crippen LogP contribution in [-0.4, -0.2) is 30.9 Å². The van der Waals surface area contributed by atoms with Gasteiger partial charge >= 0.3 is 0 Å². The average molecular weight is 374 g/mol. The fourth-order valence-corrected chi connectivity index (χ4v) is 3.69. The summed E-state index contributed by atoms with van der Waals surface area (Å²) in [7, 11) is 0. The van der Waals surface area contributed by atoms with Crippen molar-refractivity contribution in [1.29, 1.82) is 0 Å². The monoisotopic (exact) mass is 374 g/mol. The molecule has 3 rings (SSSR count). The molecule has 3 unspecified atom stereocenters. The third-order valence-electron chi connectivity index (χ3n) is 5.26. The zero-order valence-electron chi connectivity index (χ0n) is 15.1. The number of piperidine rings is 1. The SMILES string of the molecule is C#CN(/N=C1\CCC(F)CC1C(N)=O)c1ccc(C2(F)CCCNC2)cc1. The summed E-state index contributed by atoms with van der Waals surface area (Å²) in [4.78, 5) is 11.6. The van der Waals surface area contributed by atoms with E-state index in [0.717, 1.165) is 13.0 Å². The van der Waals surface area contributed by atoms with Crippen LogP contribution >= 0.6 is 0 Å². The van der Waals surface area contributed by atoms with Gasteiger partial charge in [-0.1, -0.05) is 18.6 Å². The summed E-state index contributed by atoms with van der Waals surface area (Å²) in [5.74, 6) is -1.36. The van der Waals surface area contributed by atoms with E-state index in [1.165, 1.54) is 5.01 Å². The lowest BCUT2D eigenvalue weighted by atomic mass is 9.85. The normalized spacial score (nSPS) is 29.9. The molecule has 2 aliphatic rings. The van der Waals surface area contributed by atoms with E-state index in [-0.39, 0.29) is 19.4 Å². The van der Waals surface area contributed by atoms with Gasteiger partial charge in [0.05, 0.1) is 17.3 Å². The number of carbonyl (C=O) groups excluding carboxylic acids is 1. The Morgan fingerprint density at radius 3 is 2.74 bits per heavy atom. The molecule has 144 valence electrons. The maximum atomic E-state index is 15.0. The van der Waals surface area contributed by atoms with E-state index in [9.17, 15) is 9.18 Å². The highest BCUT2D eigenvalue weighted by atomic mass is 19.1. The molecule has 0 spiro atoms. The summed E-state index contributed by atoms with van der Waals surface area (Å²) in [5.41, 5.74) is 5.65. The second-order valence-electron chi connectivity index (χ2n) is 7.15. The number of terminal acetylenes is 1. The van der Waals surface area contributed by atoms with Crippen LogP contribution < -0.4 is 16.1 Å². The van der Waals surface area contributed by atoms with Crippen LogP contribution in [0.15, 0.2) is 29.4 Å². The molecular weight excluding hydrogens is 350 g/mol. The topological polar surface area (TPSA) is 70.7 Å². The molecule has 0 bridgehead atoms. The number of nitrogens with zero attached hydrogens (tertiary/aromatic N) is 2. The van der Waals surface area contributed by atoms with Crippen LogP contribution in [0.1, 0.15) is 37.7 Å². The molecule has 1 aliphatic heterocycles. The molecule has 1 aromatic carbocycles. The van der Waals surface area contributed by atoms with Gasteiger partial charge in [-0.05, 0) is 56.3 Å². The first-order valence-electron chi connectivity index (χ1n) is 9.20. The molecule has 1 saturated carbocycles. The lowest BCUT2D eigenvalue weighted by Gasteiger charge is -2.31. The van der Waals surface area contributed by atoms with E-state index in [0.29, 0.717) is 29.8 Å². The van der Waals surface area contributed by atoms with Gasteiger partial charge in [0.1, 0.15) is 11.8 Å². The van der Waals surface area contributed by atoms with Crippen molar-refractivity contribution in [1.82, 2.24) is 5.32 Å². The molecule has 0 radical (unpaired) electrons. The highest BCUT2D eigenvalue weighted by molar-refractivity contribution is 6.04. The van der Waals surface area contributed by atoms with Crippen LogP contribution in [0.3, 0.4) is 0 Å². The Labute approximate surface area is 158 Å². The van der Waals surface area contributed by atoms with Gasteiger partial charge < -0.3 is 11.1 Å². The molecule has 1 saturated heterocycles. The molecule has 27 heavy (non-hydrogen) atoms. The number of primary amides is 1. The van der Waals surface area contributed by atoms with Crippen molar-refractivity contribution in [2.24, 2.45) is 16.8 Å². The molecule has 2 fully saturated rings. The van der Waals surface area contributed by atoms with Gasteiger partial charge in [-0.15, -0.1) is 0 Å². The van der Waals surface area contributed by atoms with Crippen molar-refractivity contribution in [3.63, 3.8) is 0 Å². The Balaban J connectivity index is 1.81. The maximum absolute atomic E-state index is 15.0. The molecular formula is C20H24F2N4O. The Kier molecular flexibility index (Phi) is 5.76. The average Bonchev–Trinajstić information content (AvgIpc) is 2.67. The number of benzene rings is 1. The number of hydrogen-bond donors (Lipinski definition) is 2. The zero-order valence-corrected chi connectivity index (χ0v) is 15.1. The molecule has 1 heterocycles. The number of hydrogen-bond acceptors (Lipinski definition) is 4. The molecule has 1 amide bonds. The lowest BCUT2D eigenvalue weighted by Crippen LogP contribution is -2.40. The number of anilines is 1. The highest BCUT2D eigenvalue weighted by Crippen LogP contribution is 2.34. The molecule has 3 atom stereocenters. The number of carbonyl (C=O) groups is 1. The van der Waals surface area contributed by atoms with Crippen LogP contribution in [0.4, 0.5) is 14.5 Å². The van der Waals surface area contributed by atoms with E-state index >= 15 is 4.39 Å². The van der Waals surface area contributed by atoms with Gasteiger partial charge in [0.25, 0.3) is 0 Å². The van der Waals surface area contributed by atoms with Crippen LogP contribution in [0, 0.1) is 18.4 Å². The number of alkyl halides is 2. The number of nitrogens with one attached hydrogen (secondary N) is 1. The Hall–Kier alpha value is -2.46. The summed E-state index contributed by atoms with van der Waals surface area (Å²) in [6.07, 6.45) is 6.41. The minimum Gasteiger partial charge on any atom is -0.369 e. The number of rotatable bonds is 4. The first kappa shape index (κ1) is 19.3. The van der Waals surface area contributed by atoms with Crippen LogP contribution in [-0.2, 0) is 10.5 Å². The molecule has 0 aromatic heterocycles. The number of halogens is 2. The largest absolute Gasteiger partial charge is 0.369 e. The fraction of sp³-hybridized carbons (Fsp3) is 0.500. The van der Waals surface area contributed by atoms with Crippen LogP contribution in [0.2, 0.25) is 0 Å². The number of amides is 1. The molecule has 1 aromatic rings. The van der Waals surface area contributed by atoms with Crippen LogP contribution in [0.5, 0.6) is 0 Å². The molecule has 3 N–H and O–H groups in total. The van der Waals surface area contributed by atoms with E-state index in [1.807, 2.05) is 0 Å². The van der Waals surface area contributed by atoms with Gasteiger partial charge in [-0.3, -0.25) is 4.79 Å². The summed E-state index contributed by atoms with van der Waals surface area (Å²) in [5, 5.41) is 8.73. The van der Waals surface area contributed by atoms with E-state index in [2.05, 4.69) is 16.5 Å². The fourth-order valence-electron chi connectivity index (χ4n) is 3.69. The predicted octanol–water partition coefficient (Wildman–Crippen LogP) is 2.61. The lowest BCUT2D eigenvalue weighted by molar-refractivity contribution is -0.120. The molecule has 5 nitrogen and oxygen atoms in total. The van der Waals surface area contributed by atoms with Crippen LogP contribution in [0.25, 0.3) is 0 Å². The summed E-state index contributed by atoms with van der Waals surface area (Å²) < 4.78 is 28.6. The Bertz CT molecular complexity index is 750. The second kappa shape index (κ2) is 8.05. The van der Waals surface area contributed by atoms with Crippen molar-refractivity contribution in [2.75, 3.05) is 18.1 Å². The van der Waals surface area contributed by atoms with Crippen molar-refractivity contribution in [2.45, 2.75) is 43.9 Å². The van der Waals surface area contributed by atoms with Gasteiger partial charge in [0.2, 0.25) is 5.91 Å². The van der Waals surface area contributed by atoms with E-state index < -0.39 is 23.7 Å². The van der Waals surface area contributed by atoms with Crippen molar-refractivity contribution in [3.8, 4) is 12.5 Å². The first-order valence-corrected chi connectivity index (χ1v) is 9.20. The third-order valence-corrected chi connectivity index (χ3v) is 5.26. The predicted molar refractivity (Wildman–Crippen MR) is 102 cm³/mol. The Morgan fingerprint density at radius 2 is 2.15 bits per heavy atom. The highest BCUT2D eigenvalue weighted by Gasteiger charge is 2.34. The molecule has 1 aliphatic carbocycles. The number of hydrazone groups is 1. The van der Waals surface area contributed by atoms with Gasteiger partial charge in [0.15, 0.2) is 0 Å². The quantitative estimate of drug-likeness (QED) is 0.484. The van der Waals surface area contributed by atoms with E-state index in [4.69, 9.17) is 12.2 Å². The smallest absolute Gasteiger partial charge is 0.226 e. The first-order chi connectivity index (χ1) is 12.9. The number of nitrogens with two attached hydrogens (primary N) is 1. The molecule has 7 heteroatoms. The van der Waals surface area contributed by atoms with E-state index in [1.54, 1.807) is 24.3 Å². The zero-order chi connectivity index (χ0) is 19.4. The Morgan fingerprint density at radius 1 is 1.41 bits per heavy atom. The third kappa shape index (κ3) is 4.28. The van der Waals surface area contributed by atoms with Gasteiger partial charge in [-0.25, -0.2) is 8.78 Å².